The molecule has 10 heteroatoms. The van der Waals surface area contributed by atoms with E-state index in [2.05, 4.69) is 25.3 Å². The molecule has 0 spiro atoms. The molecule has 4 heterocycles. The quantitative estimate of drug-likeness (QED) is 0.366. The molecular weight excluding hydrogens is 460 g/mol. The second-order valence-electron chi connectivity index (χ2n) is 8.57. The number of fused-ring (bicyclic) bond motifs is 1. The Labute approximate surface area is 199 Å². The molecule has 3 aromatic heterocycles. The first-order valence-corrected chi connectivity index (χ1v) is 11.5. The summed E-state index contributed by atoms with van der Waals surface area (Å²) in [6, 6.07) is 9.76. The Hall–Kier alpha value is -3.53. The maximum Gasteiger partial charge on any atom is 0.417 e. The first kappa shape index (κ1) is 23.2. The monoisotopic (exact) mass is 484 g/mol. The molecule has 1 fully saturated rings. The number of pyridine rings is 1. The van der Waals surface area contributed by atoms with Crippen molar-refractivity contribution in [3.8, 4) is 22.5 Å². The average Bonchev–Trinajstić information content (AvgIpc) is 3.24. The van der Waals surface area contributed by atoms with Gasteiger partial charge in [-0.1, -0.05) is 6.42 Å². The molecule has 182 valence electrons. The summed E-state index contributed by atoms with van der Waals surface area (Å²) in [6.45, 7) is 3.74. The number of alkyl halides is 3. The van der Waals surface area contributed by atoms with Gasteiger partial charge in [-0.2, -0.15) is 18.3 Å². The highest BCUT2D eigenvalue weighted by molar-refractivity contribution is 5.91. The number of halogens is 4. The van der Waals surface area contributed by atoms with Gasteiger partial charge in [0.25, 0.3) is 0 Å². The van der Waals surface area contributed by atoms with Gasteiger partial charge in [0.1, 0.15) is 11.5 Å². The summed E-state index contributed by atoms with van der Waals surface area (Å²) in [4.78, 5) is 11.3. The summed E-state index contributed by atoms with van der Waals surface area (Å²) < 4.78 is 54.6. The van der Waals surface area contributed by atoms with E-state index in [1.165, 1.54) is 42.0 Å². The average molecular weight is 485 g/mol. The van der Waals surface area contributed by atoms with Crippen molar-refractivity contribution in [3.05, 3.63) is 66.2 Å². The van der Waals surface area contributed by atoms with E-state index in [1.807, 2.05) is 0 Å². The summed E-state index contributed by atoms with van der Waals surface area (Å²) in [5, 5.41) is 7.67. The van der Waals surface area contributed by atoms with Crippen molar-refractivity contribution in [2.75, 3.05) is 31.5 Å². The Morgan fingerprint density at radius 3 is 2.46 bits per heavy atom. The molecule has 35 heavy (non-hydrogen) atoms. The van der Waals surface area contributed by atoms with Crippen molar-refractivity contribution < 1.29 is 17.6 Å². The van der Waals surface area contributed by atoms with Crippen molar-refractivity contribution >= 4 is 11.5 Å². The van der Waals surface area contributed by atoms with Crippen LogP contribution < -0.4 is 5.32 Å². The van der Waals surface area contributed by atoms with Crippen LogP contribution in [0.25, 0.3) is 28.0 Å². The minimum atomic E-state index is -4.50. The maximum atomic E-state index is 13.5. The smallest absolute Gasteiger partial charge is 0.353 e. The summed E-state index contributed by atoms with van der Waals surface area (Å²) >= 11 is 0. The standard InChI is InChI=1S/C25H24F4N6/c26-19-7-4-17(5-8-19)23-22(21-9-6-18(25(27,28)29)16-35(21)33-23)20-10-11-30-24(32-20)31-12-15-34-13-2-1-3-14-34/h4-11,16H,1-3,12-15H2,(H,30,31,32). The maximum absolute atomic E-state index is 13.5. The lowest BCUT2D eigenvalue weighted by atomic mass is 10.0. The van der Waals surface area contributed by atoms with E-state index >= 15 is 0 Å². The zero-order valence-corrected chi connectivity index (χ0v) is 18.9. The molecule has 0 unspecified atom stereocenters. The van der Waals surface area contributed by atoms with E-state index in [-0.39, 0.29) is 0 Å². The number of hydrogen-bond acceptors (Lipinski definition) is 5. The van der Waals surface area contributed by atoms with Crippen LogP contribution >= 0.6 is 0 Å². The Morgan fingerprint density at radius 1 is 0.943 bits per heavy atom. The second-order valence-corrected chi connectivity index (χ2v) is 8.57. The lowest BCUT2D eigenvalue weighted by Crippen LogP contribution is -2.33. The molecule has 0 atom stereocenters. The normalized spacial score (nSPS) is 15.0. The van der Waals surface area contributed by atoms with E-state index in [0.717, 1.165) is 31.9 Å². The van der Waals surface area contributed by atoms with Gasteiger partial charge in [-0.25, -0.2) is 18.9 Å². The largest absolute Gasteiger partial charge is 0.417 e. The summed E-state index contributed by atoms with van der Waals surface area (Å²) in [7, 11) is 0. The molecule has 4 aromatic rings. The number of rotatable bonds is 6. The highest BCUT2D eigenvalue weighted by Gasteiger charge is 2.31. The molecule has 1 aliphatic heterocycles. The van der Waals surface area contributed by atoms with Gasteiger partial charge in [0.2, 0.25) is 5.95 Å². The van der Waals surface area contributed by atoms with E-state index in [9.17, 15) is 17.6 Å². The van der Waals surface area contributed by atoms with E-state index in [1.54, 1.807) is 24.4 Å². The Morgan fingerprint density at radius 2 is 1.71 bits per heavy atom. The van der Waals surface area contributed by atoms with Gasteiger partial charge in [0.05, 0.1) is 22.3 Å². The van der Waals surface area contributed by atoms with Gasteiger partial charge in [0, 0.05) is 31.0 Å². The number of benzene rings is 1. The molecule has 6 nitrogen and oxygen atoms in total. The van der Waals surface area contributed by atoms with Crippen molar-refractivity contribution in [3.63, 3.8) is 0 Å². The molecule has 0 bridgehead atoms. The molecule has 0 amide bonds. The van der Waals surface area contributed by atoms with Crippen LogP contribution in [0.4, 0.5) is 23.5 Å². The van der Waals surface area contributed by atoms with Crippen molar-refractivity contribution in [2.24, 2.45) is 0 Å². The molecule has 0 aliphatic carbocycles. The zero-order valence-electron chi connectivity index (χ0n) is 18.9. The van der Waals surface area contributed by atoms with Crippen LogP contribution in [0.1, 0.15) is 24.8 Å². The fourth-order valence-corrected chi connectivity index (χ4v) is 4.37. The predicted octanol–water partition coefficient (Wildman–Crippen LogP) is 5.51. The molecule has 1 aliphatic rings. The SMILES string of the molecule is Fc1ccc(-c2nn3cc(C(F)(F)F)ccc3c2-c2ccnc(NCCN3CCCCC3)n2)cc1. The molecule has 1 aromatic carbocycles. The van der Waals surface area contributed by atoms with Crippen LogP contribution in [0.3, 0.4) is 0 Å². The molecule has 1 N–H and O–H groups in total. The molecule has 0 saturated carbocycles. The van der Waals surface area contributed by atoms with Gasteiger partial charge in [-0.05, 0) is 68.4 Å². The number of nitrogens with zero attached hydrogens (tertiary/aromatic N) is 5. The van der Waals surface area contributed by atoms with Crippen LogP contribution in [0.15, 0.2) is 54.9 Å². The van der Waals surface area contributed by atoms with E-state index in [0.29, 0.717) is 40.5 Å². The third-order valence-electron chi connectivity index (χ3n) is 6.15. The van der Waals surface area contributed by atoms with Gasteiger partial charge in [-0.15, -0.1) is 0 Å². The minimum absolute atomic E-state index is 0.405. The number of aromatic nitrogens is 4. The van der Waals surface area contributed by atoms with Crippen LogP contribution in [0.5, 0.6) is 0 Å². The highest BCUT2D eigenvalue weighted by Crippen LogP contribution is 2.36. The third-order valence-corrected chi connectivity index (χ3v) is 6.15. The Balaban J connectivity index is 1.51. The van der Waals surface area contributed by atoms with Crippen LogP contribution in [-0.2, 0) is 6.18 Å². The van der Waals surface area contributed by atoms with Crippen LogP contribution in [-0.4, -0.2) is 50.7 Å². The summed E-state index contributed by atoms with van der Waals surface area (Å²) in [5.74, 6) is 0.0106. The molecule has 5 rings (SSSR count). The fraction of sp³-hybridized carbons (Fsp3) is 0.320. The Bertz CT molecular complexity index is 1310. The number of nitrogens with one attached hydrogen (secondary N) is 1. The van der Waals surface area contributed by atoms with Crippen molar-refractivity contribution in [2.45, 2.75) is 25.4 Å². The van der Waals surface area contributed by atoms with Crippen LogP contribution in [0, 0.1) is 5.82 Å². The fourth-order valence-electron chi connectivity index (χ4n) is 4.37. The minimum Gasteiger partial charge on any atom is -0.353 e. The predicted molar refractivity (Wildman–Crippen MR) is 125 cm³/mol. The molecular formula is C25H24F4N6. The second kappa shape index (κ2) is 9.61. The Kier molecular flexibility index (Phi) is 6.38. The van der Waals surface area contributed by atoms with E-state index < -0.39 is 17.6 Å². The summed E-state index contributed by atoms with van der Waals surface area (Å²) in [5.41, 5.74) is 1.67. The van der Waals surface area contributed by atoms with E-state index in [4.69, 9.17) is 0 Å². The van der Waals surface area contributed by atoms with Gasteiger partial charge in [-0.3, -0.25) is 0 Å². The molecule has 1 saturated heterocycles. The van der Waals surface area contributed by atoms with Gasteiger partial charge in [0.15, 0.2) is 0 Å². The van der Waals surface area contributed by atoms with Crippen molar-refractivity contribution in [1.29, 1.82) is 0 Å². The lowest BCUT2D eigenvalue weighted by Gasteiger charge is -2.26. The molecule has 0 radical (unpaired) electrons. The first-order chi connectivity index (χ1) is 16.9. The highest BCUT2D eigenvalue weighted by atomic mass is 19.4. The van der Waals surface area contributed by atoms with Crippen molar-refractivity contribution in [1.82, 2.24) is 24.5 Å². The first-order valence-electron chi connectivity index (χ1n) is 11.5. The zero-order chi connectivity index (χ0) is 24.4. The third kappa shape index (κ3) is 5.12. The number of hydrogen-bond donors (Lipinski definition) is 1. The number of likely N-dealkylation sites (tertiary alicyclic amines) is 1. The number of piperidine rings is 1. The number of anilines is 1. The van der Waals surface area contributed by atoms with Gasteiger partial charge < -0.3 is 10.2 Å². The van der Waals surface area contributed by atoms with Crippen LogP contribution in [0.2, 0.25) is 0 Å². The lowest BCUT2D eigenvalue weighted by molar-refractivity contribution is -0.137. The summed E-state index contributed by atoms with van der Waals surface area (Å²) in [6.07, 6.45) is 1.75. The topological polar surface area (TPSA) is 58.4 Å². The van der Waals surface area contributed by atoms with Gasteiger partial charge >= 0.3 is 6.18 Å².